The number of rotatable bonds is 8. The van der Waals surface area contributed by atoms with Gasteiger partial charge in [0.05, 0.1) is 35.2 Å². The molecule has 2 aromatic rings. The monoisotopic (exact) mass is 435 g/mol. The van der Waals surface area contributed by atoms with Gasteiger partial charge >= 0.3 is 5.97 Å². The predicted molar refractivity (Wildman–Crippen MR) is 111 cm³/mol. The van der Waals surface area contributed by atoms with E-state index >= 15 is 0 Å². The van der Waals surface area contributed by atoms with Crippen molar-refractivity contribution >= 4 is 39.0 Å². The van der Waals surface area contributed by atoms with Crippen molar-refractivity contribution < 1.29 is 27.7 Å². The highest BCUT2D eigenvalue weighted by atomic mass is 32.2. The maximum Gasteiger partial charge on any atom is 0.339 e. The maximum absolute atomic E-state index is 13.0. The number of nitrogens with zero attached hydrogens (tertiary/aromatic N) is 2. The molecule has 0 aliphatic carbocycles. The normalized spacial score (nSPS) is 12.0. The number of ether oxygens (including phenoxy) is 1. The van der Waals surface area contributed by atoms with Gasteiger partial charge in [-0.05, 0) is 24.6 Å². The van der Waals surface area contributed by atoms with E-state index in [4.69, 9.17) is 4.74 Å². The molecule has 0 radical (unpaired) electrons. The zero-order chi connectivity index (χ0) is 22.5. The van der Waals surface area contributed by atoms with Crippen molar-refractivity contribution in [3.63, 3.8) is 0 Å². The van der Waals surface area contributed by atoms with E-state index in [-0.39, 0.29) is 29.0 Å². The number of sulfonamides is 1. The lowest BCUT2D eigenvalue weighted by atomic mass is 10.1. The van der Waals surface area contributed by atoms with Gasteiger partial charge in [0, 0.05) is 12.1 Å². The third-order valence-corrected chi connectivity index (χ3v) is 5.39. The summed E-state index contributed by atoms with van der Waals surface area (Å²) in [4.78, 5) is 35.3. The van der Waals surface area contributed by atoms with Crippen LogP contribution in [0.15, 0.2) is 48.5 Å². The molecule has 1 atom stereocenters. The summed E-state index contributed by atoms with van der Waals surface area (Å²) in [5, 5.41) is 13.6. The Balaban J connectivity index is 2.47. The van der Waals surface area contributed by atoms with Gasteiger partial charge in [0.1, 0.15) is 6.04 Å². The highest BCUT2D eigenvalue weighted by Crippen LogP contribution is 2.27. The van der Waals surface area contributed by atoms with Crippen LogP contribution in [0.5, 0.6) is 0 Å². The Morgan fingerprint density at radius 2 is 1.87 bits per heavy atom. The van der Waals surface area contributed by atoms with Crippen molar-refractivity contribution in [1.29, 1.82) is 0 Å². The molecule has 10 nitrogen and oxygen atoms in total. The number of para-hydroxylation sites is 1. The first-order valence-electron chi connectivity index (χ1n) is 8.82. The van der Waals surface area contributed by atoms with Crippen LogP contribution in [0.1, 0.15) is 23.7 Å². The number of esters is 1. The number of nitrogens with one attached hydrogen (secondary N) is 1. The minimum Gasteiger partial charge on any atom is -0.465 e. The molecule has 30 heavy (non-hydrogen) atoms. The summed E-state index contributed by atoms with van der Waals surface area (Å²) >= 11 is 0. The van der Waals surface area contributed by atoms with Crippen LogP contribution in [0, 0.1) is 10.1 Å². The Morgan fingerprint density at radius 1 is 1.20 bits per heavy atom. The molecule has 0 bridgehead atoms. The van der Waals surface area contributed by atoms with Crippen LogP contribution in [0.2, 0.25) is 0 Å². The molecule has 0 spiro atoms. The summed E-state index contributed by atoms with van der Waals surface area (Å²) in [6.45, 7) is 1.60. The van der Waals surface area contributed by atoms with E-state index in [1.807, 2.05) is 0 Å². The van der Waals surface area contributed by atoms with E-state index in [1.165, 1.54) is 37.4 Å². The predicted octanol–water partition coefficient (Wildman–Crippen LogP) is 2.56. The van der Waals surface area contributed by atoms with Crippen LogP contribution in [0.3, 0.4) is 0 Å². The number of nitro groups is 1. The Hall–Kier alpha value is -3.47. The molecule has 1 N–H and O–H groups in total. The number of carbonyl (C=O) groups is 2. The zero-order valence-electron chi connectivity index (χ0n) is 16.6. The van der Waals surface area contributed by atoms with Crippen LogP contribution in [0.25, 0.3) is 0 Å². The Labute approximate surface area is 173 Å². The molecular formula is C19H21N3O7S. The minimum absolute atomic E-state index is 0.0186. The number of nitro benzene ring substituents is 1. The molecule has 0 heterocycles. The second kappa shape index (κ2) is 9.35. The third-order valence-electron chi connectivity index (χ3n) is 4.22. The maximum atomic E-state index is 13.0. The smallest absolute Gasteiger partial charge is 0.339 e. The second-order valence-corrected chi connectivity index (χ2v) is 8.15. The molecule has 0 fully saturated rings. The average Bonchev–Trinajstić information content (AvgIpc) is 2.70. The summed E-state index contributed by atoms with van der Waals surface area (Å²) in [7, 11) is -2.78. The number of non-ortho nitro benzene ring substituents is 1. The van der Waals surface area contributed by atoms with Crippen molar-refractivity contribution in [2.75, 3.05) is 23.0 Å². The van der Waals surface area contributed by atoms with E-state index < -0.39 is 32.9 Å². The molecule has 0 saturated heterocycles. The second-order valence-electron chi connectivity index (χ2n) is 6.29. The van der Waals surface area contributed by atoms with Gasteiger partial charge < -0.3 is 10.1 Å². The number of carbonyl (C=O) groups excluding carboxylic acids is 2. The van der Waals surface area contributed by atoms with Crippen molar-refractivity contribution in [3.05, 3.63) is 64.2 Å². The number of methoxy groups -OCH3 is 1. The molecule has 160 valence electrons. The van der Waals surface area contributed by atoms with Gasteiger partial charge in [-0.15, -0.1) is 0 Å². The Bertz CT molecular complexity index is 1070. The van der Waals surface area contributed by atoms with Crippen LogP contribution < -0.4 is 9.62 Å². The van der Waals surface area contributed by atoms with E-state index in [0.717, 1.165) is 16.6 Å². The molecule has 0 saturated carbocycles. The number of hydrogen-bond donors (Lipinski definition) is 1. The van der Waals surface area contributed by atoms with Crippen LogP contribution in [-0.4, -0.2) is 44.6 Å². The molecule has 11 heteroatoms. The summed E-state index contributed by atoms with van der Waals surface area (Å²) in [5.41, 5.74) is -0.0767. The molecule has 0 unspecified atom stereocenters. The fourth-order valence-electron chi connectivity index (χ4n) is 2.90. The Kier molecular flexibility index (Phi) is 7.11. The first-order valence-corrected chi connectivity index (χ1v) is 10.7. The average molecular weight is 435 g/mol. The first-order chi connectivity index (χ1) is 14.1. The van der Waals surface area contributed by atoms with Crippen molar-refractivity contribution in [2.24, 2.45) is 0 Å². The lowest BCUT2D eigenvalue weighted by Gasteiger charge is -2.30. The van der Waals surface area contributed by atoms with Crippen LogP contribution in [0.4, 0.5) is 17.1 Å². The molecule has 0 aliphatic heterocycles. The zero-order valence-corrected chi connectivity index (χ0v) is 17.4. The standard InChI is InChI=1S/C19H21N3O7S/c1-4-17(18(23)20-16-11-6-5-10-15(16)19(24)29-2)21(30(3,27)28)13-8-7-9-14(12-13)22(25)26/h5-12,17H,4H2,1-3H3,(H,20,23)/t17-/m0/s1. The van der Waals surface area contributed by atoms with Gasteiger partial charge in [-0.1, -0.05) is 25.1 Å². The SMILES string of the molecule is CC[C@@H](C(=O)Nc1ccccc1C(=O)OC)N(c1cccc([N+](=O)[O-])c1)S(C)(=O)=O. The van der Waals surface area contributed by atoms with E-state index in [9.17, 15) is 28.1 Å². The summed E-state index contributed by atoms with van der Waals surface area (Å²) in [5.74, 6) is -1.37. The van der Waals surface area contributed by atoms with E-state index in [0.29, 0.717) is 0 Å². The molecule has 0 aromatic heterocycles. The van der Waals surface area contributed by atoms with Gasteiger partial charge in [0.15, 0.2) is 0 Å². The van der Waals surface area contributed by atoms with Gasteiger partial charge in [0.25, 0.3) is 5.69 Å². The number of hydrogen-bond acceptors (Lipinski definition) is 7. The minimum atomic E-state index is -3.98. The van der Waals surface area contributed by atoms with Gasteiger partial charge in [-0.25, -0.2) is 13.2 Å². The first kappa shape index (κ1) is 22.8. The van der Waals surface area contributed by atoms with Crippen molar-refractivity contribution in [1.82, 2.24) is 0 Å². The van der Waals surface area contributed by atoms with E-state index in [1.54, 1.807) is 19.1 Å². The number of anilines is 2. The van der Waals surface area contributed by atoms with Crippen LogP contribution >= 0.6 is 0 Å². The van der Waals surface area contributed by atoms with Gasteiger partial charge in [-0.3, -0.25) is 19.2 Å². The molecule has 2 aromatic carbocycles. The molecule has 2 rings (SSSR count). The lowest BCUT2D eigenvalue weighted by Crippen LogP contribution is -2.47. The summed E-state index contributed by atoms with van der Waals surface area (Å²) < 4.78 is 30.5. The fraction of sp³-hybridized carbons (Fsp3) is 0.263. The lowest BCUT2D eigenvalue weighted by molar-refractivity contribution is -0.384. The van der Waals surface area contributed by atoms with E-state index in [2.05, 4.69) is 5.32 Å². The highest BCUT2D eigenvalue weighted by Gasteiger charge is 2.32. The topological polar surface area (TPSA) is 136 Å². The molecule has 0 aliphatic rings. The molecule has 1 amide bonds. The number of amides is 1. The van der Waals surface area contributed by atoms with Gasteiger partial charge in [-0.2, -0.15) is 0 Å². The summed E-state index contributed by atoms with van der Waals surface area (Å²) in [6, 6.07) is 9.91. The largest absolute Gasteiger partial charge is 0.465 e. The number of benzene rings is 2. The quantitative estimate of drug-likeness (QED) is 0.382. The van der Waals surface area contributed by atoms with Crippen molar-refractivity contribution in [2.45, 2.75) is 19.4 Å². The van der Waals surface area contributed by atoms with Gasteiger partial charge in [0.2, 0.25) is 15.9 Å². The van der Waals surface area contributed by atoms with Crippen LogP contribution in [-0.2, 0) is 19.6 Å². The molecular weight excluding hydrogens is 414 g/mol. The fourth-order valence-corrected chi connectivity index (χ4v) is 4.10. The summed E-state index contributed by atoms with van der Waals surface area (Å²) in [6.07, 6.45) is 0.978. The highest BCUT2D eigenvalue weighted by molar-refractivity contribution is 7.92. The third kappa shape index (κ3) is 5.11. The Morgan fingerprint density at radius 3 is 2.43 bits per heavy atom. The van der Waals surface area contributed by atoms with Crippen molar-refractivity contribution in [3.8, 4) is 0 Å².